The smallest absolute Gasteiger partial charge is 0.232 e. The highest BCUT2D eigenvalue weighted by Gasteiger charge is 2.19. The van der Waals surface area contributed by atoms with E-state index in [-0.39, 0.29) is 5.91 Å². The second-order valence-corrected chi connectivity index (χ2v) is 7.09. The van der Waals surface area contributed by atoms with Gasteiger partial charge in [0.2, 0.25) is 5.91 Å². The summed E-state index contributed by atoms with van der Waals surface area (Å²) in [5.74, 6) is 0.367. The van der Waals surface area contributed by atoms with Gasteiger partial charge in [-0.1, -0.05) is 18.2 Å². The summed E-state index contributed by atoms with van der Waals surface area (Å²) in [6.45, 7) is 1.82. The Bertz CT molecular complexity index is 1180. The monoisotopic (exact) mass is 385 g/mol. The Morgan fingerprint density at radius 2 is 1.96 bits per heavy atom. The molecule has 28 heavy (non-hydrogen) atoms. The van der Waals surface area contributed by atoms with E-state index >= 15 is 0 Å². The minimum Gasteiger partial charge on any atom is -0.310 e. The minimum atomic E-state index is -0.394. The molecule has 1 unspecified atom stereocenters. The van der Waals surface area contributed by atoms with Gasteiger partial charge in [-0.2, -0.15) is 5.26 Å². The second-order valence-electron chi connectivity index (χ2n) is 6.19. The van der Waals surface area contributed by atoms with Gasteiger partial charge in [-0.25, -0.2) is 9.97 Å². The third-order valence-corrected chi connectivity index (χ3v) is 5.20. The molecule has 0 saturated heterocycles. The largest absolute Gasteiger partial charge is 0.310 e. The van der Waals surface area contributed by atoms with Gasteiger partial charge in [0.1, 0.15) is 16.3 Å². The Labute approximate surface area is 165 Å². The zero-order valence-corrected chi connectivity index (χ0v) is 15.8. The number of thiophene rings is 1. The van der Waals surface area contributed by atoms with Crippen LogP contribution in [0.2, 0.25) is 0 Å². The summed E-state index contributed by atoms with van der Waals surface area (Å²) in [6, 6.07) is 16.5. The van der Waals surface area contributed by atoms with Crippen LogP contribution >= 0.6 is 11.3 Å². The van der Waals surface area contributed by atoms with Crippen LogP contribution in [-0.4, -0.2) is 20.9 Å². The summed E-state index contributed by atoms with van der Waals surface area (Å²) < 4.78 is 0. The molecule has 6 nitrogen and oxygen atoms in total. The van der Waals surface area contributed by atoms with Crippen LogP contribution < -0.4 is 5.32 Å². The van der Waals surface area contributed by atoms with Crippen LogP contribution in [0, 0.1) is 11.3 Å². The first kappa shape index (κ1) is 17.8. The fourth-order valence-corrected chi connectivity index (χ4v) is 3.55. The molecular formula is C21H15N5OS. The van der Waals surface area contributed by atoms with Gasteiger partial charge in [0.25, 0.3) is 0 Å². The molecule has 3 aromatic heterocycles. The van der Waals surface area contributed by atoms with Crippen molar-refractivity contribution >= 4 is 33.3 Å². The van der Waals surface area contributed by atoms with Crippen molar-refractivity contribution in [2.75, 3.05) is 5.32 Å². The molecular weight excluding hydrogens is 370 g/mol. The van der Waals surface area contributed by atoms with E-state index in [0.29, 0.717) is 22.9 Å². The Morgan fingerprint density at radius 1 is 1.14 bits per heavy atom. The van der Waals surface area contributed by atoms with E-state index in [4.69, 9.17) is 5.26 Å². The summed E-state index contributed by atoms with van der Waals surface area (Å²) in [5, 5.41) is 14.6. The van der Waals surface area contributed by atoms with Crippen LogP contribution in [-0.2, 0) is 4.79 Å². The number of fused-ring (bicyclic) bond motifs is 1. The standard InChI is InChI=1S/C21H15N5OS/c1-13(15-7-5-14(12-22)6-8-15)20(27)25-18-16-9-11-28-21(16)26-19(24-18)17-4-2-3-10-23-17/h2-11,13H,1H3,(H,24,25,26,27). The van der Waals surface area contributed by atoms with Crippen molar-refractivity contribution in [3.8, 4) is 17.6 Å². The molecule has 136 valence electrons. The van der Waals surface area contributed by atoms with E-state index in [1.165, 1.54) is 11.3 Å². The predicted molar refractivity (Wildman–Crippen MR) is 109 cm³/mol. The highest BCUT2D eigenvalue weighted by atomic mass is 32.1. The molecule has 1 amide bonds. The van der Waals surface area contributed by atoms with Crippen molar-refractivity contribution < 1.29 is 4.79 Å². The number of rotatable bonds is 4. The average molecular weight is 385 g/mol. The predicted octanol–water partition coefficient (Wildman–Crippen LogP) is 4.37. The van der Waals surface area contributed by atoms with Crippen LogP contribution in [0.1, 0.15) is 24.0 Å². The zero-order valence-electron chi connectivity index (χ0n) is 15.0. The van der Waals surface area contributed by atoms with Gasteiger partial charge in [-0.05, 0) is 48.2 Å². The van der Waals surface area contributed by atoms with Gasteiger partial charge < -0.3 is 5.32 Å². The molecule has 1 N–H and O–H groups in total. The molecule has 0 bridgehead atoms. The number of pyridine rings is 1. The van der Waals surface area contributed by atoms with E-state index in [0.717, 1.165) is 15.8 Å². The maximum absolute atomic E-state index is 12.8. The van der Waals surface area contributed by atoms with Gasteiger partial charge >= 0.3 is 0 Å². The molecule has 4 aromatic rings. The number of nitrogens with zero attached hydrogens (tertiary/aromatic N) is 4. The third-order valence-electron chi connectivity index (χ3n) is 4.39. The van der Waals surface area contributed by atoms with Crippen molar-refractivity contribution in [1.29, 1.82) is 5.26 Å². The Hall–Kier alpha value is -3.63. The van der Waals surface area contributed by atoms with E-state index in [2.05, 4.69) is 26.3 Å². The van der Waals surface area contributed by atoms with Gasteiger partial charge in [0, 0.05) is 6.20 Å². The van der Waals surface area contributed by atoms with Crippen LogP contribution in [0.15, 0.2) is 60.1 Å². The van der Waals surface area contributed by atoms with Crippen LogP contribution in [0.4, 0.5) is 5.82 Å². The quantitative estimate of drug-likeness (QED) is 0.563. The Balaban J connectivity index is 1.65. The van der Waals surface area contributed by atoms with Crippen molar-refractivity contribution in [3.63, 3.8) is 0 Å². The zero-order chi connectivity index (χ0) is 19.5. The number of anilines is 1. The maximum atomic E-state index is 12.8. The van der Waals surface area contributed by atoms with Crippen molar-refractivity contribution in [3.05, 3.63) is 71.2 Å². The molecule has 1 aromatic carbocycles. The number of nitrogens with one attached hydrogen (secondary N) is 1. The summed E-state index contributed by atoms with van der Waals surface area (Å²) in [5.41, 5.74) is 2.04. The number of carbonyl (C=O) groups is 1. The second kappa shape index (κ2) is 7.55. The number of benzene rings is 1. The first-order valence-corrected chi connectivity index (χ1v) is 9.51. The van der Waals surface area contributed by atoms with Gasteiger partial charge in [0.05, 0.1) is 22.9 Å². The lowest BCUT2D eigenvalue weighted by atomic mass is 9.99. The Kier molecular flexibility index (Phi) is 4.79. The lowest BCUT2D eigenvalue weighted by molar-refractivity contribution is -0.117. The first-order valence-electron chi connectivity index (χ1n) is 8.63. The molecule has 0 aliphatic rings. The number of hydrogen-bond acceptors (Lipinski definition) is 6. The molecule has 0 saturated carbocycles. The molecule has 3 heterocycles. The van der Waals surface area contributed by atoms with Crippen LogP contribution in [0.3, 0.4) is 0 Å². The molecule has 0 spiro atoms. The van der Waals surface area contributed by atoms with Crippen LogP contribution in [0.25, 0.3) is 21.7 Å². The maximum Gasteiger partial charge on any atom is 0.232 e. The number of amides is 1. The summed E-state index contributed by atoms with van der Waals surface area (Å²) in [6.07, 6.45) is 1.68. The van der Waals surface area contributed by atoms with E-state index in [1.807, 2.05) is 36.6 Å². The molecule has 0 fully saturated rings. The topological polar surface area (TPSA) is 91.6 Å². The third kappa shape index (κ3) is 3.46. The number of carbonyl (C=O) groups excluding carboxylic acids is 1. The van der Waals surface area contributed by atoms with E-state index in [9.17, 15) is 4.79 Å². The van der Waals surface area contributed by atoms with Gasteiger partial charge in [0.15, 0.2) is 5.82 Å². The highest BCUT2D eigenvalue weighted by molar-refractivity contribution is 7.16. The van der Waals surface area contributed by atoms with Crippen molar-refractivity contribution in [2.45, 2.75) is 12.8 Å². The number of aromatic nitrogens is 3. The minimum absolute atomic E-state index is 0.178. The fraction of sp³-hybridized carbons (Fsp3) is 0.0952. The Morgan fingerprint density at radius 3 is 2.68 bits per heavy atom. The molecule has 4 rings (SSSR count). The van der Waals surface area contributed by atoms with Gasteiger partial charge in [-0.3, -0.25) is 9.78 Å². The molecule has 0 radical (unpaired) electrons. The number of nitriles is 1. The lowest BCUT2D eigenvalue weighted by Gasteiger charge is -2.13. The number of hydrogen-bond donors (Lipinski definition) is 1. The highest BCUT2D eigenvalue weighted by Crippen LogP contribution is 2.29. The fourth-order valence-electron chi connectivity index (χ4n) is 2.78. The summed E-state index contributed by atoms with van der Waals surface area (Å²) in [4.78, 5) is 27.0. The molecule has 7 heteroatoms. The molecule has 0 aliphatic carbocycles. The average Bonchev–Trinajstić information content (AvgIpc) is 3.23. The molecule has 0 aliphatic heterocycles. The summed E-state index contributed by atoms with van der Waals surface area (Å²) in [7, 11) is 0. The normalized spacial score (nSPS) is 11.7. The first-order chi connectivity index (χ1) is 13.7. The SMILES string of the molecule is CC(C(=O)Nc1nc(-c2ccccn2)nc2sccc12)c1ccc(C#N)cc1. The van der Waals surface area contributed by atoms with Crippen molar-refractivity contribution in [2.24, 2.45) is 0 Å². The van der Waals surface area contributed by atoms with Crippen LogP contribution in [0.5, 0.6) is 0 Å². The molecule has 1 atom stereocenters. The lowest BCUT2D eigenvalue weighted by Crippen LogP contribution is -2.20. The summed E-state index contributed by atoms with van der Waals surface area (Å²) >= 11 is 1.49. The van der Waals surface area contributed by atoms with E-state index in [1.54, 1.807) is 30.5 Å². The van der Waals surface area contributed by atoms with Crippen molar-refractivity contribution in [1.82, 2.24) is 15.0 Å². The van der Waals surface area contributed by atoms with E-state index < -0.39 is 5.92 Å². The van der Waals surface area contributed by atoms with Gasteiger partial charge in [-0.15, -0.1) is 11.3 Å².